The number of aromatic nitrogens is 1. The minimum absolute atomic E-state index is 0.128. The number of pyridine rings is 1. The molecule has 122 valence electrons. The fourth-order valence-electron chi connectivity index (χ4n) is 2.30. The van der Waals surface area contributed by atoms with Crippen molar-refractivity contribution in [3.63, 3.8) is 0 Å². The first-order chi connectivity index (χ1) is 11.5. The van der Waals surface area contributed by atoms with E-state index in [1.165, 1.54) is 10.6 Å². The van der Waals surface area contributed by atoms with Crippen molar-refractivity contribution >= 4 is 23.2 Å². The maximum Gasteiger partial charge on any atom is 0.291 e. The van der Waals surface area contributed by atoms with E-state index in [2.05, 4.69) is 5.32 Å². The van der Waals surface area contributed by atoms with Gasteiger partial charge in [-0.05, 0) is 48.9 Å². The number of carbonyl (C=O) groups excluding carboxylic acids is 1. The molecule has 0 aliphatic heterocycles. The normalized spacial score (nSPS) is 10.6. The van der Waals surface area contributed by atoms with Crippen LogP contribution in [-0.2, 0) is 6.54 Å². The quantitative estimate of drug-likeness (QED) is 0.786. The van der Waals surface area contributed by atoms with Gasteiger partial charge in [-0.3, -0.25) is 9.59 Å². The van der Waals surface area contributed by atoms with Gasteiger partial charge in [0, 0.05) is 23.0 Å². The highest BCUT2D eigenvalue weighted by atomic mass is 35.5. The molecule has 1 aromatic carbocycles. The van der Waals surface area contributed by atoms with Gasteiger partial charge in [-0.25, -0.2) is 0 Å². The van der Waals surface area contributed by atoms with Crippen LogP contribution in [0.3, 0.4) is 0 Å². The van der Waals surface area contributed by atoms with Gasteiger partial charge in [0.05, 0.1) is 6.54 Å². The molecule has 5 nitrogen and oxygen atoms in total. The molecule has 0 unspecified atom stereocenters. The van der Waals surface area contributed by atoms with Crippen molar-refractivity contribution in [3.8, 4) is 0 Å². The largest absolute Gasteiger partial charge is 0.454 e. The molecule has 6 heteroatoms. The lowest BCUT2D eigenvalue weighted by Crippen LogP contribution is -2.18. The van der Waals surface area contributed by atoms with Crippen molar-refractivity contribution in [1.29, 1.82) is 0 Å². The molecule has 0 spiro atoms. The third kappa shape index (κ3) is 3.58. The molecule has 24 heavy (non-hydrogen) atoms. The van der Waals surface area contributed by atoms with Gasteiger partial charge in [0.1, 0.15) is 5.76 Å². The third-order valence-corrected chi connectivity index (χ3v) is 3.78. The standard InChI is InChI=1S/C18H15ClN2O3/c1-12-10-13(19)5-7-15(12)20-18(23)16-8-6-14(24-16)11-21-9-3-2-4-17(21)22/h2-10H,11H2,1H3,(H,20,23). The third-order valence-electron chi connectivity index (χ3n) is 3.55. The molecule has 0 fully saturated rings. The molecule has 0 aliphatic rings. The summed E-state index contributed by atoms with van der Waals surface area (Å²) < 4.78 is 7.05. The lowest BCUT2D eigenvalue weighted by atomic mass is 10.2. The number of carbonyl (C=O) groups is 1. The summed E-state index contributed by atoms with van der Waals surface area (Å²) in [6, 6.07) is 13.4. The van der Waals surface area contributed by atoms with Gasteiger partial charge in [0.2, 0.25) is 0 Å². The molecule has 0 aliphatic carbocycles. The monoisotopic (exact) mass is 342 g/mol. The second-order valence-corrected chi connectivity index (χ2v) is 5.78. The first kappa shape index (κ1) is 16.1. The molecule has 1 N–H and O–H groups in total. The van der Waals surface area contributed by atoms with Crippen LogP contribution in [0.4, 0.5) is 5.69 Å². The van der Waals surface area contributed by atoms with E-state index in [-0.39, 0.29) is 23.8 Å². The molecule has 0 saturated heterocycles. The van der Waals surface area contributed by atoms with Crippen LogP contribution >= 0.6 is 11.6 Å². The van der Waals surface area contributed by atoms with Gasteiger partial charge in [-0.1, -0.05) is 17.7 Å². The highest BCUT2D eigenvalue weighted by Crippen LogP contribution is 2.20. The van der Waals surface area contributed by atoms with Crippen molar-refractivity contribution in [2.75, 3.05) is 5.32 Å². The number of amides is 1. The van der Waals surface area contributed by atoms with Crippen molar-refractivity contribution in [2.24, 2.45) is 0 Å². The number of halogens is 1. The summed E-state index contributed by atoms with van der Waals surface area (Å²) in [6.45, 7) is 2.13. The Hall–Kier alpha value is -2.79. The maximum atomic E-state index is 12.3. The van der Waals surface area contributed by atoms with Gasteiger partial charge < -0.3 is 14.3 Å². The summed E-state index contributed by atoms with van der Waals surface area (Å²) >= 11 is 5.90. The van der Waals surface area contributed by atoms with Gasteiger partial charge >= 0.3 is 0 Å². The Balaban J connectivity index is 1.74. The lowest BCUT2D eigenvalue weighted by molar-refractivity contribution is 0.0994. The number of hydrogen-bond donors (Lipinski definition) is 1. The minimum Gasteiger partial charge on any atom is -0.454 e. The summed E-state index contributed by atoms with van der Waals surface area (Å²) in [5.74, 6) is 0.358. The van der Waals surface area contributed by atoms with Crippen molar-refractivity contribution in [1.82, 2.24) is 4.57 Å². The second kappa shape index (κ2) is 6.76. The molecule has 3 rings (SSSR count). The number of anilines is 1. The molecule has 3 aromatic rings. The number of furan rings is 1. The Kier molecular flexibility index (Phi) is 4.53. The number of aryl methyl sites for hydroxylation is 1. The number of benzene rings is 1. The van der Waals surface area contributed by atoms with E-state index in [0.717, 1.165) is 5.56 Å². The maximum absolute atomic E-state index is 12.3. The molecular formula is C18H15ClN2O3. The highest BCUT2D eigenvalue weighted by molar-refractivity contribution is 6.30. The molecule has 2 aromatic heterocycles. The Bertz CT molecular complexity index is 943. The zero-order valence-corrected chi connectivity index (χ0v) is 13.7. The van der Waals surface area contributed by atoms with E-state index < -0.39 is 0 Å². The van der Waals surface area contributed by atoms with Crippen LogP contribution in [0.5, 0.6) is 0 Å². The number of hydrogen-bond acceptors (Lipinski definition) is 3. The molecule has 2 heterocycles. The Morgan fingerprint density at radius 1 is 1.21 bits per heavy atom. The van der Waals surface area contributed by atoms with Crippen LogP contribution in [0.1, 0.15) is 21.9 Å². The second-order valence-electron chi connectivity index (χ2n) is 5.35. The fraction of sp³-hybridized carbons (Fsp3) is 0.111. The van der Waals surface area contributed by atoms with Gasteiger partial charge in [-0.15, -0.1) is 0 Å². The number of nitrogens with one attached hydrogen (secondary N) is 1. The first-order valence-electron chi connectivity index (χ1n) is 7.34. The Labute approximate surface area is 143 Å². The first-order valence-corrected chi connectivity index (χ1v) is 7.72. The fourth-order valence-corrected chi connectivity index (χ4v) is 2.52. The molecular weight excluding hydrogens is 328 g/mol. The van der Waals surface area contributed by atoms with Crippen molar-refractivity contribution in [2.45, 2.75) is 13.5 Å². The summed E-state index contributed by atoms with van der Waals surface area (Å²) in [5.41, 5.74) is 1.40. The van der Waals surface area contributed by atoms with Gasteiger partial charge in [0.25, 0.3) is 11.5 Å². The highest BCUT2D eigenvalue weighted by Gasteiger charge is 2.13. The van der Waals surface area contributed by atoms with Gasteiger partial charge in [-0.2, -0.15) is 0 Å². The van der Waals surface area contributed by atoms with E-state index in [1.807, 2.05) is 6.92 Å². The average molecular weight is 343 g/mol. The van der Waals surface area contributed by atoms with E-state index >= 15 is 0 Å². The zero-order chi connectivity index (χ0) is 17.1. The predicted octanol–water partition coefficient (Wildman–Crippen LogP) is 3.70. The predicted molar refractivity (Wildman–Crippen MR) is 92.7 cm³/mol. The molecule has 1 amide bonds. The Morgan fingerprint density at radius 2 is 2.04 bits per heavy atom. The van der Waals surface area contributed by atoms with Crippen molar-refractivity contribution < 1.29 is 9.21 Å². The van der Waals surface area contributed by atoms with E-state index in [1.54, 1.807) is 48.7 Å². The number of nitrogens with zero attached hydrogens (tertiary/aromatic N) is 1. The van der Waals surface area contributed by atoms with Crippen LogP contribution in [0.25, 0.3) is 0 Å². The van der Waals surface area contributed by atoms with Crippen LogP contribution in [0.2, 0.25) is 5.02 Å². The smallest absolute Gasteiger partial charge is 0.291 e. The lowest BCUT2D eigenvalue weighted by Gasteiger charge is -2.07. The van der Waals surface area contributed by atoms with Crippen LogP contribution in [0, 0.1) is 6.92 Å². The average Bonchev–Trinajstić information content (AvgIpc) is 3.01. The SMILES string of the molecule is Cc1cc(Cl)ccc1NC(=O)c1ccc(Cn2ccccc2=O)o1. The van der Waals surface area contributed by atoms with E-state index in [9.17, 15) is 9.59 Å². The summed E-state index contributed by atoms with van der Waals surface area (Å²) in [4.78, 5) is 24.0. The van der Waals surface area contributed by atoms with Crippen LogP contribution in [0.15, 0.2) is 63.9 Å². The molecule has 0 atom stereocenters. The molecule has 0 radical (unpaired) electrons. The summed E-state index contributed by atoms with van der Waals surface area (Å²) in [7, 11) is 0. The summed E-state index contributed by atoms with van der Waals surface area (Å²) in [6.07, 6.45) is 1.67. The minimum atomic E-state index is -0.355. The topological polar surface area (TPSA) is 64.2 Å². The zero-order valence-electron chi connectivity index (χ0n) is 13.0. The molecule has 0 bridgehead atoms. The van der Waals surface area contributed by atoms with E-state index in [4.69, 9.17) is 16.0 Å². The summed E-state index contributed by atoms with van der Waals surface area (Å²) in [5, 5.41) is 3.39. The van der Waals surface area contributed by atoms with Gasteiger partial charge in [0.15, 0.2) is 5.76 Å². The van der Waals surface area contributed by atoms with Crippen molar-refractivity contribution in [3.05, 3.63) is 87.2 Å². The molecule has 0 saturated carbocycles. The van der Waals surface area contributed by atoms with E-state index in [0.29, 0.717) is 16.5 Å². The van der Waals surface area contributed by atoms with Crippen LogP contribution < -0.4 is 10.9 Å². The Morgan fingerprint density at radius 3 is 2.79 bits per heavy atom. The van der Waals surface area contributed by atoms with Crippen LogP contribution in [-0.4, -0.2) is 10.5 Å². The number of rotatable bonds is 4.